The number of rotatable bonds is 10. The van der Waals surface area contributed by atoms with Crippen molar-refractivity contribution < 1.29 is 24.6 Å². The Morgan fingerprint density at radius 3 is 2.17 bits per heavy atom. The molecule has 5 rings (SSSR count). The minimum Gasteiger partial charge on any atom is -0.481 e. The average molecular weight is 637 g/mol. The SMILES string of the molecule is C=Cc1c(C)c2cc3nc(c(CC(=O)O)c4nc(cc5[nH]c(cc1[nH]2)c(C)c5CC)C(C)=C4C(=O)O)C(CCC(=O)NCCN)=C3C. The number of nitrogens with zero attached hydrogens (tertiary/aromatic N) is 2. The summed E-state index contributed by atoms with van der Waals surface area (Å²) in [5.41, 5.74) is 16.1. The summed E-state index contributed by atoms with van der Waals surface area (Å²) >= 11 is 0. The molecule has 8 bridgehead atoms. The maximum Gasteiger partial charge on any atom is 0.338 e. The Morgan fingerprint density at radius 2 is 1.53 bits per heavy atom. The molecule has 5 heterocycles. The van der Waals surface area contributed by atoms with Crippen LogP contribution in [0.5, 0.6) is 0 Å². The summed E-state index contributed by atoms with van der Waals surface area (Å²) < 4.78 is 0. The second kappa shape index (κ2) is 13.2. The normalized spacial score (nSPS) is 12.9. The lowest BCUT2D eigenvalue weighted by atomic mass is 9.94. The largest absolute Gasteiger partial charge is 0.481 e. The van der Waals surface area contributed by atoms with E-state index >= 15 is 0 Å². The van der Waals surface area contributed by atoms with Gasteiger partial charge in [0.15, 0.2) is 0 Å². The third-order valence-corrected chi connectivity index (χ3v) is 8.99. The van der Waals surface area contributed by atoms with Crippen LogP contribution in [0.25, 0.3) is 50.4 Å². The molecule has 0 atom stereocenters. The molecule has 2 aliphatic heterocycles. The van der Waals surface area contributed by atoms with Crippen molar-refractivity contribution in [3.63, 3.8) is 0 Å². The van der Waals surface area contributed by atoms with Gasteiger partial charge in [-0.1, -0.05) is 19.6 Å². The monoisotopic (exact) mass is 636 g/mol. The predicted octanol–water partition coefficient (Wildman–Crippen LogP) is 5.57. The third-order valence-electron chi connectivity index (χ3n) is 8.99. The summed E-state index contributed by atoms with van der Waals surface area (Å²) in [7, 11) is 0. The summed E-state index contributed by atoms with van der Waals surface area (Å²) in [5.74, 6) is -2.59. The summed E-state index contributed by atoms with van der Waals surface area (Å²) in [6.07, 6.45) is 2.35. The van der Waals surface area contributed by atoms with Crippen LogP contribution in [0, 0.1) is 13.8 Å². The molecule has 0 aromatic carbocycles. The number of hydrogen-bond donors (Lipinski definition) is 6. The number of fused-ring (bicyclic) bond motifs is 8. The highest BCUT2D eigenvalue weighted by Crippen LogP contribution is 2.40. The molecular formula is C36H40N6O5. The summed E-state index contributed by atoms with van der Waals surface area (Å²) in [6, 6.07) is 5.76. The van der Waals surface area contributed by atoms with Gasteiger partial charge in [0.2, 0.25) is 5.91 Å². The molecule has 0 unspecified atom stereocenters. The number of carboxylic acids is 2. The van der Waals surface area contributed by atoms with Crippen molar-refractivity contribution in [2.24, 2.45) is 5.73 Å². The number of aliphatic carboxylic acids is 2. The van der Waals surface area contributed by atoms with E-state index in [0.717, 1.165) is 56.3 Å². The maximum atomic E-state index is 12.8. The summed E-state index contributed by atoms with van der Waals surface area (Å²) in [4.78, 5) is 54.6. The van der Waals surface area contributed by atoms with Crippen molar-refractivity contribution in [3.05, 3.63) is 75.4 Å². The first-order valence-corrected chi connectivity index (χ1v) is 15.6. The lowest BCUT2D eigenvalue weighted by Crippen LogP contribution is -2.28. The molecule has 7 N–H and O–H groups in total. The molecule has 47 heavy (non-hydrogen) atoms. The van der Waals surface area contributed by atoms with Crippen molar-refractivity contribution in [1.82, 2.24) is 25.3 Å². The van der Waals surface area contributed by atoms with Crippen molar-refractivity contribution in [2.75, 3.05) is 13.1 Å². The molecule has 3 aromatic heterocycles. The van der Waals surface area contributed by atoms with E-state index in [4.69, 9.17) is 15.7 Å². The van der Waals surface area contributed by atoms with Gasteiger partial charge in [0.1, 0.15) is 0 Å². The number of aryl methyl sites for hydroxylation is 3. The van der Waals surface area contributed by atoms with Gasteiger partial charge in [-0.15, -0.1) is 0 Å². The fourth-order valence-electron chi connectivity index (χ4n) is 6.45. The first-order valence-electron chi connectivity index (χ1n) is 15.6. The van der Waals surface area contributed by atoms with Crippen LogP contribution in [0.4, 0.5) is 0 Å². The number of carboxylic acid groups (broad SMARTS) is 2. The van der Waals surface area contributed by atoms with Crippen molar-refractivity contribution in [3.8, 4) is 0 Å². The number of amides is 1. The maximum absolute atomic E-state index is 12.8. The molecule has 3 aromatic rings. The van der Waals surface area contributed by atoms with Crippen LogP contribution >= 0.6 is 0 Å². The van der Waals surface area contributed by atoms with Gasteiger partial charge in [0, 0.05) is 52.7 Å². The number of carbonyl (C=O) groups excluding carboxylic acids is 1. The number of allylic oxidation sites excluding steroid dienone is 3. The first kappa shape index (κ1) is 33.1. The Morgan fingerprint density at radius 1 is 0.894 bits per heavy atom. The average Bonchev–Trinajstić information content (AvgIpc) is 3.70. The number of hydrogen-bond acceptors (Lipinski definition) is 6. The van der Waals surface area contributed by atoms with Crippen LogP contribution in [-0.4, -0.2) is 61.1 Å². The summed E-state index contributed by atoms with van der Waals surface area (Å²) in [6.45, 7) is 14.3. The Labute approximate surface area is 272 Å². The fraction of sp³-hybridized carbons (Fsp3) is 0.306. The number of H-pyrrole nitrogens is 2. The van der Waals surface area contributed by atoms with Crippen molar-refractivity contribution in [2.45, 2.75) is 60.3 Å². The summed E-state index contributed by atoms with van der Waals surface area (Å²) in [5, 5.41) is 23.3. The van der Waals surface area contributed by atoms with Crippen LogP contribution in [0.15, 0.2) is 24.8 Å². The van der Waals surface area contributed by atoms with E-state index in [-0.39, 0.29) is 35.6 Å². The molecule has 0 radical (unpaired) electrons. The van der Waals surface area contributed by atoms with E-state index < -0.39 is 18.4 Å². The molecule has 0 saturated carbocycles. The first-order chi connectivity index (χ1) is 22.4. The highest BCUT2D eigenvalue weighted by molar-refractivity contribution is 6.24. The Kier molecular flexibility index (Phi) is 9.30. The van der Waals surface area contributed by atoms with Crippen LogP contribution in [0.1, 0.15) is 84.2 Å². The Bertz CT molecular complexity index is 2080. The van der Waals surface area contributed by atoms with E-state index in [1.807, 2.05) is 45.0 Å². The van der Waals surface area contributed by atoms with Gasteiger partial charge >= 0.3 is 11.9 Å². The van der Waals surface area contributed by atoms with Gasteiger partial charge in [-0.25, -0.2) is 14.8 Å². The smallest absolute Gasteiger partial charge is 0.338 e. The quantitative estimate of drug-likeness (QED) is 0.167. The van der Waals surface area contributed by atoms with E-state index in [0.29, 0.717) is 41.3 Å². The molecule has 11 heteroatoms. The zero-order chi connectivity index (χ0) is 34.2. The van der Waals surface area contributed by atoms with Gasteiger partial charge in [0.05, 0.1) is 34.8 Å². The minimum absolute atomic E-state index is 0.0500. The van der Waals surface area contributed by atoms with Crippen LogP contribution in [0.3, 0.4) is 0 Å². The number of aromatic amines is 2. The molecular weight excluding hydrogens is 596 g/mol. The van der Waals surface area contributed by atoms with E-state index in [1.165, 1.54) is 0 Å². The zero-order valence-corrected chi connectivity index (χ0v) is 27.4. The van der Waals surface area contributed by atoms with Gasteiger partial charge in [-0.2, -0.15) is 0 Å². The van der Waals surface area contributed by atoms with Crippen LogP contribution in [0.2, 0.25) is 0 Å². The van der Waals surface area contributed by atoms with Crippen LogP contribution in [-0.2, 0) is 27.2 Å². The standard InChI is InChI=1S/C36H40N6O5/c1-7-21-17(3)25-14-27-19(5)23(9-10-31(43)38-12-11-37)34(41-27)24(13-32(44)45)35-33(36(46)47)20(6)28(42-35)16-30-22(8-2)18(4)26(40-30)15-29(21)39-25/h7,14-16,39-40H,1,8-13,37H2,2-6H3,(H,38,43)(H,44,45)(H,46,47). The second-order valence-electron chi connectivity index (χ2n) is 11.8. The van der Waals surface area contributed by atoms with Gasteiger partial charge < -0.3 is 31.2 Å². The van der Waals surface area contributed by atoms with E-state index in [2.05, 4.69) is 28.8 Å². The van der Waals surface area contributed by atoms with Crippen molar-refractivity contribution >= 4 is 68.3 Å². The molecule has 11 nitrogen and oxygen atoms in total. The number of nitrogens with two attached hydrogens (primary N) is 1. The third kappa shape index (κ3) is 6.14. The van der Waals surface area contributed by atoms with Gasteiger partial charge in [-0.05, 0) is 92.1 Å². The zero-order valence-electron chi connectivity index (χ0n) is 27.4. The van der Waals surface area contributed by atoms with E-state index in [1.54, 1.807) is 6.92 Å². The number of nitrogens with one attached hydrogen (secondary N) is 3. The lowest BCUT2D eigenvalue weighted by molar-refractivity contribution is -0.136. The molecule has 244 valence electrons. The van der Waals surface area contributed by atoms with E-state index in [9.17, 15) is 24.6 Å². The topological polar surface area (TPSA) is 187 Å². The predicted molar refractivity (Wildman–Crippen MR) is 185 cm³/mol. The molecule has 0 fully saturated rings. The molecule has 1 amide bonds. The molecule has 0 aliphatic carbocycles. The Hall–Kier alpha value is -5.29. The van der Waals surface area contributed by atoms with Crippen molar-refractivity contribution in [1.29, 1.82) is 0 Å². The molecule has 2 aliphatic rings. The number of carbonyl (C=O) groups is 3. The fourth-order valence-corrected chi connectivity index (χ4v) is 6.45. The highest BCUT2D eigenvalue weighted by atomic mass is 16.4. The second-order valence-corrected chi connectivity index (χ2v) is 11.8. The van der Waals surface area contributed by atoms with Gasteiger partial charge in [-0.3, -0.25) is 9.59 Å². The molecule has 0 spiro atoms. The molecule has 0 saturated heterocycles. The lowest BCUT2D eigenvalue weighted by Gasteiger charge is -2.11. The Balaban J connectivity index is 1.98. The number of aromatic nitrogens is 4. The highest BCUT2D eigenvalue weighted by Gasteiger charge is 2.31. The minimum atomic E-state index is -1.22. The van der Waals surface area contributed by atoms with Crippen LogP contribution < -0.4 is 11.1 Å². The van der Waals surface area contributed by atoms with Gasteiger partial charge in [0.25, 0.3) is 0 Å².